The number of benzene rings is 1. The summed E-state index contributed by atoms with van der Waals surface area (Å²) in [6, 6.07) is 10.1. The smallest absolute Gasteiger partial charge is 0.409 e. The van der Waals surface area contributed by atoms with Crippen LogP contribution < -0.4 is 5.32 Å². The Labute approximate surface area is 154 Å². The molecule has 1 aliphatic rings. The number of hydrogen-bond donors (Lipinski definition) is 1. The maximum absolute atomic E-state index is 12.1. The number of rotatable bonds is 5. The number of ether oxygens (including phenoxy) is 1. The van der Waals surface area contributed by atoms with Gasteiger partial charge in [0.2, 0.25) is 5.91 Å². The molecule has 0 bridgehead atoms. The van der Waals surface area contributed by atoms with Crippen molar-refractivity contribution in [2.24, 2.45) is 0 Å². The van der Waals surface area contributed by atoms with Crippen molar-refractivity contribution in [3.8, 4) is 0 Å². The van der Waals surface area contributed by atoms with E-state index in [1.54, 1.807) is 16.7 Å². The molecule has 8 heteroatoms. The van der Waals surface area contributed by atoms with E-state index in [1.807, 2.05) is 30.3 Å². The zero-order chi connectivity index (χ0) is 17.6. The number of anilines is 1. The molecule has 1 aromatic carbocycles. The largest absolute Gasteiger partial charge is 0.453 e. The van der Waals surface area contributed by atoms with Crippen molar-refractivity contribution >= 4 is 40.2 Å². The Morgan fingerprint density at radius 3 is 2.92 bits per heavy atom. The predicted molar refractivity (Wildman–Crippen MR) is 99.9 cm³/mol. The van der Waals surface area contributed by atoms with Crippen LogP contribution in [0.25, 0.3) is 0 Å². The number of amides is 2. The Bertz CT molecular complexity index is 749. The maximum Gasteiger partial charge on any atom is 0.409 e. The zero-order valence-electron chi connectivity index (χ0n) is 13.9. The van der Waals surface area contributed by atoms with E-state index < -0.39 is 0 Å². The van der Waals surface area contributed by atoms with Crippen LogP contribution in [-0.2, 0) is 28.2 Å². The van der Waals surface area contributed by atoms with Crippen LogP contribution in [0.1, 0.15) is 16.1 Å². The number of hydrogen-bond acceptors (Lipinski definition) is 6. The standard InChI is InChI=1S/C17H19N3O3S2/c1-23-17(22)20-8-7-13-14(9-20)25-16(18-13)19-15(21)11-24-10-12-5-3-2-4-6-12/h2-6H,7-11H2,1H3,(H,18,19,21). The monoisotopic (exact) mass is 377 g/mol. The number of carbonyl (C=O) groups is 2. The lowest BCUT2D eigenvalue weighted by atomic mass is 10.2. The van der Waals surface area contributed by atoms with Crippen molar-refractivity contribution in [1.82, 2.24) is 9.88 Å². The van der Waals surface area contributed by atoms with Crippen LogP contribution in [0.15, 0.2) is 30.3 Å². The van der Waals surface area contributed by atoms with E-state index in [9.17, 15) is 9.59 Å². The van der Waals surface area contributed by atoms with Gasteiger partial charge < -0.3 is 15.0 Å². The van der Waals surface area contributed by atoms with E-state index in [2.05, 4.69) is 10.3 Å². The number of thioether (sulfide) groups is 1. The number of aromatic nitrogens is 1. The Morgan fingerprint density at radius 2 is 2.16 bits per heavy atom. The second-order valence-corrected chi connectivity index (χ2v) is 7.63. The molecule has 2 aromatic rings. The minimum Gasteiger partial charge on any atom is -0.453 e. The van der Waals surface area contributed by atoms with Crippen molar-refractivity contribution in [1.29, 1.82) is 0 Å². The molecule has 0 spiro atoms. The van der Waals surface area contributed by atoms with Gasteiger partial charge in [0, 0.05) is 23.6 Å². The summed E-state index contributed by atoms with van der Waals surface area (Å²) in [7, 11) is 1.38. The Hall–Kier alpha value is -2.06. The van der Waals surface area contributed by atoms with Crippen LogP contribution in [0.3, 0.4) is 0 Å². The lowest BCUT2D eigenvalue weighted by Crippen LogP contribution is -2.35. The molecule has 6 nitrogen and oxygen atoms in total. The fourth-order valence-corrected chi connectivity index (χ4v) is 4.35. The molecule has 132 valence electrons. The van der Waals surface area contributed by atoms with Crippen LogP contribution >= 0.6 is 23.1 Å². The van der Waals surface area contributed by atoms with Gasteiger partial charge in [0.1, 0.15) is 0 Å². The molecule has 0 unspecified atom stereocenters. The highest BCUT2D eigenvalue weighted by atomic mass is 32.2. The van der Waals surface area contributed by atoms with E-state index >= 15 is 0 Å². The summed E-state index contributed by atoms with van der Waals surface area (Å²) < 4.78 is 4.76. The second kappa shape index (κ2) is 8.35. The minimum atomic E-state index is -0.332. The van der Waals surface area contributed by atoms with Crippen LogP contribution in [-0.4, -0.2) is 41.3 Å². The number of thiazole rings is 1. The molecule has 2 heterocycles. The lowest BCUT2D eigenvalue weighted by molar-refractivity contribution is -0.113. The first-order valence-corrected chi connectivity index (χ1v) is 9.86. The highest BCUT2D eigenvalue weighted by molar-refractivity contribution is 7.99. The van der Waals surface area contributed by atoms with Gasteiger partial charge in [-0.2, -0.15) is 0 Å². The fourth-order valence-electron chi connectivity index (χ4n) is 2.53. The summed E-state index contributed by atoms with van der Waals surface area (Å²) >= 11 is 2.99. The quantitative estimate of drug-likeness (QED) is 0.867. The SMILES string of the molecule is COC(=O)N1CCc2nc(NC(=O)CSCc3ccccc3)sc2C1. The van der Waals surface area contributed by atoms with Crippen molar-refractivity contribution < 1.29 is 14.3 Å². The average molecular weight is 377 g/mol. The molecule has 1 aromatic heterocycles. The Kier molecular flexibility index (Phi) is 5.93. The third-order valence-corrected chi connectivity index (χ3v) is 5.76. The topological polar surface area (TPSA) is 71.5 Å². The third kappa shape index (κ3) is 4.73. The van der Waals surface area contributed by atoms with Gasteiger partial charge in [0.15, 0.2) is 5.13 Å². The number of nitrogens with one attached hydrogen (secondary N) is 1. The molecule has 2 amide bonds. The summed E-state index contributed by atoms with van der Waals surface area (Å²) in [6.07, 6.45) is 0.349. The number of nitrogens with zero attached hydrogens (tertiary/aromatic N) is 2. The van der Waals surface area contributed by atoms with Gasteiger partial charge >= 0.3 is 6.09 Å². The van der Waals surface area contributed by atoms with Gasteiger partial charge in [-0.3, -0.25) is 4.79 Å². The first kappa shape index (κ1) is 17.8. The molecule has 0 aliphatic carbocycles. The molecular weight excluding hydrogens is 358 g/mol. The second-order valence-electron chi connectivity index (χ2n) is 5.56. The van der Waals surface area contributed by atoms with E-state index in [4.69, 9.17) is 4.74 Å². The summed E-state index contributed by atoms with van der Waals surface area (Å²) in [5.74, 6) is 1.13. The van der Waals surface area contributed by atoms with Gasteiger partial charge in [-0.25, -0.2) is 9.78 Å². The highest BCUT2D eigenvalue weighted by Crippen LogP contribution is 2.28. The molecule has 3 rings (SSSR count). The van der Waals surface area contributed by atoms with E-state index in [0.717, 1.165) is 16.3 Å². The van der Waals surface area contributed by atoms with Crippen LogP contribution in [0, 0.1) is 0 Å². The molecule has 0 fully saturated rings. The number of fused-ring (bicyclic) bond motifs is 1. The lowest BCUT2D eigenvalue weighted by Gasteiger charge is -2.24. The van der Waals surface area contributed by atoms with Crippen LogP contribution in [0.2, 0.25) is 0 Å². The normalized spacial score (nSPS) is 13.2. The van der Waals surface area contributed by atoms with Crippen LogP contribution in [0.4, 0.5) is 9.93 Å². The summed E-state index contributed by atoms with van der Waals surface area (Å²) in [5.41, 5.74) is 2.16. The fraction of sp³-hybridized carbons (Fsp3) is 0.353. The molecule has 0 radical (unpaired) electrons. The van der Waals surface area contributed by atoms with Gasteiger partial charge in [0.05, 0.1) is 25.1 Å². The summed E-state index contributed by atoms with van der Waals surface area (Å²) in [6.45, 7) is 1.07. The highest BCUT2D eigenvalue weighted by Gasteiger charge is 2.24. The predicted octanol–water partition coefficient (Wildman–Crippen LogP) is 3.14. The molecule has 1 N–H and O–H groups in total. The van der Waals surface area contributed by atoms with Crippen molar-refractivity contribution in [3.63, 3.8) is 0 Å². The van der Waals surface area contributed by atoms with Crippen molar-refractivity contribution in [2.75, 3.05) is 24.7 Å². The Balaban J connectivity index is 1.49. The molecular formula is C17H19N3O3S2. The van der Waals surface area contributed by atoms with Gasteiger partial charge in [-0.1, -0.05) is 41.7 Å². The van der Waals surface area contributed by atoms with Crippen LogP contribution in [0.5, 0.6) is 0 Å². The molecule has 0 saturated carbocycles. The number of methoxy groups -OCH3 is 1. The van der Waals surface area contributed by atoms with Gasteiger partial charge in [-0.15, -0.1) is 11.8 Å². The first-order valence-electron chi connectivity index (χ1n) is 7.88. The van der Waals surface area contributed by atoms with Gasteiger partial charge in [-0.05, 0) is 5.56 Å². The third-order valence-electron chi connectivity index (χ3n) is 3.76. The van der Waals surface area contributed by atoms with Gasteiger partial charge in [0.25, 0.3) is 0 Å². The minimum absolute atomic E-state index is 0.0585. The maximum atomic E-state index is 12.1. The molecule has 0 atom stereocenters. The zero-order valence-corrected chi connectivity index (χ0v) is 15.5. The number of carbonyl (C=O) groups excluding carboxylic acids is 2. The summed E-state index contributed by atoms with van der Waals surface area (Å²) in [5, 5.41) is 3.46. The molecule has 1 aliphatic heterocycles. The Morgan fingerprint density at radius 1 is 1.36 bits per heavy atom. The van der Waals surface area contributed by atoms with E-state index in [-0.39, 0.29) is 12.0 Å². The molecule has 25 heavy (non-hydrogen) atoms. The summed E-state index contributed by atoms with van der Waals surface area (Å²) in [4.78, 5) is 30.8. The van der Waals surface area contributed by atoms with Crippen molar-refractivity contribution in [3.05, 3.63) is 46.5 Å². The van der Waals surface area contributed by atoms with E-state index in [0.29, 0.717) is 30.4 Å². The van der Waals surface area contributed by atoms with E-state index in [1.165, 1.54) is 24.0 Å². The van der Waals surface area contributed by atoms with Crippen molar-refractivity contribution in [2.45, 2.75) is 18.7 Å². The average Bonchev–Trinajstić information content (AvgIpc) is 3.03. The first-order chi connectivity index (χ1) is 12.2. The molecule has 0 saturated heterocycles.